The quantitative estimate of drug-likeness (QED) is 0.778. The lowest BCUT2D eigenvalue weighted by Gasteiger charge is -2.39. The van der Waals surface area contributed by atoms with Crippen LogP contribution >= 0.6 is 0 Å². The highest BCUT2D eigenvalue weighted by Gasteiger charge is 2.30. The minimum atomic E-state index is 0.355. The number of carbonyl (C=O) groups excluding carboxylic acids is 1. The molecule has 0 unspecified atom stereocenters. The van der Waals surface area contributed by atoms with E-state index in [4.69, 9.17) is 0 Å². The molecule has 1 amide bonds. The molecule has 0 atom stereocenters. The third-order valence-electron chi connectivity index (χ3n) is 5.89. The van der Waals surface area contributed by atoms with Crippen LogP contribution in [0.4, 0.5) is 0 Å². The maximum absolute atomic E-state index is 12.6. The molecule has 120 valence electrons. The molecule has 3 nitrogen and oxygen atoms in total. The Hall–Kier alpha value is -0.570. The number of carbonyl (C=O) groups is 1. The van der Waals surface area contributed by atoms with Crippen LogP contribution in [0.25, 0.3) is 0 Å². The number of hydrogen-bond donors (Lipinski definition) is 0. The van der Waals surface area contributed by atoms with Gasteiger partial charge in [-0.1, -0.05) is 32.1 Å². The highest BCUT2D eigenvalue weighted by Crippen LogP contribution is 2.27. The van der Waals surface area contributed by atoms with Crippen molar-refractivity contribution >= 4 is 5.91 Å². The zero-order valence-electron chi connectivity index (χ0n) is 13.6. The van der Waals surface area contributed by atoms with Crippen molar-refractivity contribution in [3.8, 4) is 0 Å². The highest BCUT2D eigenvalue weighted by molar-refractivity contribution is 5.79. The Morgan fingerprint density at radius 1 is 0.667 bits per heavy atom. The summed E-state index contributed by atoms with van der Waals surface area (Å²) in [5.74, 6) is 0.831. The van der Waals surface area contributed by atoms with Crippen molar-refractivity contribution < 1.29 is 4.79 Å². The van der Waals surface area contributed by atoms with Crippen LogP contribution in [0.3, 0.4) is 0 Å². The fraction of sp³-hybridized carbons (Fsp3) is 0.944. The van der Waals surface area contributed by atoms with Gasteiger partial charge in [-0.05, 0) is 51.6 Å². The van der Waals surface area contributed by atoms with Gasteiger partial charge in [-0.3, -0.25) is 4.79 Å². The standard InChI is InChI=1S/C18H32N2O/c21-18(16-8-4-3-5-9-16)20-14-10-17(11-15-20)19-12-6-1-2-7-13-19/h16-17H,1-15H2. The lowest BCUT2D eigenvalue weighted by atomic mass is 9.87. The number of rotatable bonds is 2. The maximum atomic E-state index is 12.6. The Labute approximate surface area is 130 Å². The van der Waals surface area contributed by atoms with Crippen LogP contribution in [0.2, 0.25) is 0 Å². The first-order chi connectivity index (χ1) is 10.3. The van der Waals surface area contributed by atoms with Crippen molar-refractivity contribution in [1.29, 1.82) is 0 Å². The van der Waals surface area contributed by atoms with E-state index >= 15 is 0 Å². The molecule has 1 aliphatic carbocycles. The van der Waals surface area contributed by atoms with Crippen molar-refractivity contribution in [3.05, 3.63) is 0 Å². The molecule has 3 aliphatic rings. The Morgan fingerprint density at radius 2 is 1.24 bits per heavy atom. The first kappa shape index (κ1) is 15.3. The SMILES string of the molecule is O=C(C1CCCCC1)N1CCC(N2CCCCCC2)CC1. The first-order valence-electron chi connectivity index (χ1n) is 9.37. The fourth-order valence-electron chi connectivity index (χ4n) is 4.52. The van der Waals surface area contributed by atoms with E-state index in [1.54, 1.807) is 0 Å². The molecule has 0 bridgehead atoms. The van der Waals surface area contributed by atoms with Crippen LogP contribution in [-0.4, -0.2) is 47.9 Å². The van der Waals surface area contributed by atoms with Gasteiger partial charge in [0, 0.05) is 25.0 Å². The summed E-state index contributed by atoms with van der Waals surface area (Å²) in [6, 6.07) is 0.749. The third-order valence-corrected chi connectivity index (χ3v) is 5.89. The number of amides is 1. The van der Waals surface area contributed by atoms with E-state index in [1.165, 1.54) is 70.9 Å². The van der Waals surface area contributed by atoms with Crippen molar-refractivity contribution in [3.63, 3.8) is 0 Å². The zero-order valence-corrected chi connectivity index (χ0v) is 13.6. The van der Waals surface area contributed by atoms with Gasteiger partial charge in [0.2, 0.25) is 5.91 Å². The third kappa shape index (κ3) is 4.00. The monoisotopic (exact) mass is 292 g/mol. The van der Waals surface area contributed by atoms with Crippen LogP contribution in [0.1, 0.15) is 70.6 Å². The fourth-order valence-corrected chi connectivity index (χ4v) is 4.52. The molecular formula is C18H32N2O. The summed E-state index contributed by atoms with van der Waals surface area (Å²) >= 11 is 0. The molecule has 0 N–H and O–H groups in total. The predicted octanol–water partition coefficient (Wildman–Crippen LogP) is 3.43. The summed E-state index contributed by atoms with van der Waals surface area (Å²) in [5.41, 5.74) is 0. The maximum Gasteiger partial charge on any atom is 0.225 e. The van der Waals surface area contributed by atoms with Gasteiger partial charge in [0.25, 0.3) is 0 Å². The Morgan fingerprint density at radius 3 is 1.86 bits per heavy atom. The predicted molar refractivity (Wildman–Crippen MR) is 86.2 cm³/mol. The molecule has 0 aromatic heterocycles. The molecule has 0 radical (unpaired) electrons. The topological polar surface area (TPSA) is 23.6 Å². The van der Waals surface area contributed by atoms with E-state index in [9.17, 15) is 4.79 Å². The Balaban J connectivity index is 1.46. The second kappa shape index (κ2) is 7.62. The van der Waals surface area contributed by atoms with Gasteiger partial charge in [0.05, 0.1) is 0 Å². The van der Waals surface area contributed by atoms with Gasteiger partial charge in [-0.2, -0.15) is 0 Å². The van der Waals surface area contributed by atoms with Crippen molar-refractivity contribution in [2.75, 3.05) is 26.2 Å². The number of piperidine rings is 1. The molecule has 3 fully saturated rings. The van der Waals surface area contributed by atoms with Gasteiger partial charge in [0.1, 0.15) is 0 Å². The normalized spacial score (nSPS) is 27.5. The summed E-state index contributed by atoms with van der Waals surface area (Å²) in [6.07, 6.45) is 14.1. The lowest BCUT2D eigenvalue weighted by molar-refractivity contribution is -0.138. The van der Waals surface area contributed by atoms with Gasteiger partial charge < -0.3 is 9.80 Å². The van der Waals surface area contributed by atoms with E-state index in [2.05, 4.69) is 9.80 Å². The van der Waals surface area contributed by atoms with E-state index in [1.807, 2.05) is 0 Å². The Kier molecular flexibility index (Phi) is 5.56. The molecule has 0 aromatic rings. The summed E-state index contributed by atoms with van der Waals surface area (Å²) < 4.78 is 0. The molecule has 2 aliphatic heterocycles. The zero-order chi connectivity index (χ0) is 14.5. The molecule has 1 saturated carbocycles. The largest absolute Gasteiger partial charge is 0.342 e. The molecule has 0 spiro atoms. The highest BCUT2D eigenvalue weighted by atomic mass is 16.2. The van der Waals surface area contributed by atoms with E-state index < -0.39 is 0 Å². The summed E-state index contributed by atoms with van der Waals surface area (Å²) in [6.45, 7) is 4.61. The molecule has 0 aromatic carbocycles. The summed E-state index contributed by atoms with van der Waals surface area (Å²) in [7, 11) is 0. The van der Waals surface area contributed by atoms with Gasteiger partial charge in [-0.25, -0.2) is 0 Å². The molecule has 3 heteroatoms. The molecule has 2 saturated heterocycles. The van der Waals surface area contributed by atoms with Crippen LogP contribution in [0.15, 0.2) is 0 Å². The molecule has 2 heterocycles. The lowest BCUT2D eigenvalue weighted by Crippen LogP contribution is -2.48. The number of nitrogens with zero attached hydrogens (tertiary/aromatic N) is 2. The summed E-state index contributed by atoms with van der Waals surface area (Å²) in [4.78, 5) is 17.5. The van der Waals surface area contributed by atoms with Crippen molar-refractivity contribution in [2.24, 2.45) is 5.92 Å². The average molecular weight is 292 g/mol. The number of hydrogen-bond acceptors (Lipinski definition) is 2. The molecule has 3 rings (SSSR count). The smallest absolute Gasteiger partial charge is 0.225 e. The van der Waals surface area contributed by atoms with E-state index in [0.717, 1.165) is 32.0 Å². The number of likely N-dealkylation sites (tertiary alicyclic amines) is 2. The first-order valence-corrected chi connectivity index (χ1v) is 9.37. The minimum Gasteiger partial charge on any atom is -0.342 e. The Bertz CT molecular complexity index is 322. The molecular weight excluding hydrogens is 260 g/mol. The van der Waals surface area contributed by atoms with Crippen LogP contribution in [0, 0.1) is 5.92 Å². The van der Waals surface area contributed by atoms with Crippen molar-refractivity contribution in [2.45, 2.75) is 76.7 Å². The van der Waals surface area contributed by atoms with Crippen LogP contribution in [-0.2, 0) is 4.79 Å². The van der Waals surface area contributed by atoms with Gasteiger partial charge in [0.15, 0.2) is 0 Å². The van der Waals surface area contributed by atoms with Crippen LogP contribution in [0.5, 0.6) is 0 Å². The minimum absolute atomic E-state index is 0.355. The summed E-state index contributed by atoms with van der Waals surface area (Å²) in [5, 5.41) is 0. The second-order valence-corrected chi connectivity index (χ2v) is 7.34. The van der Waals surface area contributed by atoms with Gasteiger partial charge in [-0.15, -0.1) is 0 Å². The average Bonchev–Trinajstić information content (AvgIpc) is 2.84. The van der Waals surface area contributed by atoms with Gasteiger partial charge >= 0.3 is 0 Å². The van der Waals surface area contributed by atoms with E-state index in [0.29, 0.717) is 11.8 Å². The van der Waals surface area contributed by atoms with Crippen LogP contribution < -0.4 is 0 Å². The van der Waals surface area contributed by atoms with Crippen molar-refractivity contribution in [1.82, 2.24) is 9.80 Å². The second-order valence-electron chi connectivity index (χ2n) is 7.34. The molecule has 21 heavy (non-hydrogen) atoms. The van der Waals surface area contributed by atoms with E-state index in [-0.39, 0.29) is 0 Å².